The van der Waals surface area contributed by atoms with Gasteiger partial charge in [0.2, 0.25) is 5.91 Å². The van der Waals surface area contributed by atoms with E-state index in [0.29, 0.717) is 6.54 Å². The Balaban J connectivity index is 1.60. The van der Waals surface area contributed by atoms with Crippen LogP contribution >= 0.6 is 0 Å². The van der Waals surface area contributed by atoms with Crippen molar-refractivity contribution in [2.24, 2.45) is 5.92 Å². The fourth-order valence-corrected chi connectivity index (χ4v) is 3.17. The third kappa shape index (κ3) is 2.99. The lowest BCUT2D eigenvalue weighted by Crippen LogP contribution is -2.41. The number of nitrogens with one attached hydrogen (secondary N) is 1. The highest BCUT2D eigenvalue weighted by Crippen LogP contribution is 2.20. The molecule has 0 saturated carbocycles. The number of hydrogen-bond acceptors (Lipinski definition) is 3. The van der Waals surface area contributed by atoms with Gasteiger partial charge in [-0.25, -0.2) is 4.98 Å². The lowest BCUT2D eigenvalue weighted by molar-refractivity contribution is -0.133. The number of benzene rings is 1. The van der Waals surface area contributed by atoms with Crippen molar-refractivity contribution in [3.63, 3.8) is 0 Å². The summed E-state index contributed by atoms with van der Waals surface area (Å²) >= 11 is 0. The number of aromatic nitrogens is 2. The van der Waals surface area contributed by atoms with Crippen LogP contribution < -0.4 is 5.32 Å². The summed E-state index contributed by atoms with van der Waals surface area (Å²) in [5.74, 6) is 1.06. The summed E-state index contributed by atoms with van der Waals surface area (Å²) in [5, 5.41) is 3.05. The summed E-state index contributed by atoms with van der Waals surface area (Å²) < 4.78 is 7.71. The summed E-state index contributed by atoms with van der Waals surface area (Å²) in [6.45, 7) is 6.10. The highest BCUT2D eigenvalue weighted by molar-refractivity contribution is 5.79. The summed E-state index contributed by atoms with van der Waals surface area (Å²) in [5.41, 5.74) is 2.12. The van der Waals surface area contributed by atoms with Crippen LogP contribution in [0.4, 0.5) is 0 Å². The largest absolute Gasteiger partial charge is 0.378 e. The number of nitrogens with zero attached hydrogens (tertiary/aromatic N) is 2. The molecule has 3 rings (SSSR count). The van der Waals surface area contributed by atoms with Crippen molar-refractivity contribution >= 4 is 16.9 Å². The number of hydrogen-bond donors (Lipinski definition) is 1. The van der Waals surface area contributed by atoms with Crippen LogP contribution in [0.3, 0.4) is 0 Å². The molecule has 0 aliphatic carbocycles. The van der Waals surface area contributed by atoms with Gasteiger partial charge in [-0.1, -0.05) is 12.1 Å². The van der Waals surface area contributed by atoms with Crippen LogP contribution in [0.5, 0.6) is 0 Å². The van der Waals surface area contributed by atoms with Gasteiger partial charge in [-0.05, 0) is 38.8 Å². The fraction of sp³-hybridized carbons (Fsp3) is 0.529. The second kappa shape index (κ2) is 6.48. The van der Waals surface area contributed by atoms with Crippen LogP contribution in [0.25, 0.3) is 11.0 Å². The highest BCUT2D eigenvalue weighted by Gasteiger charge is 2.28. The monoisotopic (exact) mass is 301 g/mol. The summed E-state index contributed by atoms with van der Waals surface area (Å²) in [6.07, 6.45) is 1.90. The topological polar surface area (TPSA) is 56.2 Å². The van der Waals surface area contributed by atoms with Gasteiger partial charge < -0.3 is 14.6 Å². The molecule has 1 aromatic heterocycles. The van der Waals surface area contributed by atoms with Crippen molar-refractivity contribution in [1.29, 1.82) is 0 Å². The van der Waals surface area contributed by atoms with E-state index in [9.17, 15) is 4.79 Å². The van der Waals surface area contributed by atoms with E-state index in [0.717, 1.165) is 42.9 Å². The molecular weight excluding hydrogens is 278 g/mol. The number of para-hydroxylation sites is 2. The Morgan fingerprint density at radius 3 is 3.09 bits per heavy atom. The van der Waals surface area contributed by atoms with Gasteiger partial charge in [0.1, 0.15) is 5.82 Å². The van der Waals surface area contributed by atoms with E-state index in [1.807, 2.05) is 32.0 Å². The molecule has 1 aromatic carbocycles. The van der Waals surface area contributed by atoms with E-state index in [1.165, 1.54) is 0 Å². The predicted molar refractivity (Wildman–Crippen MR) is 85.6 cm³/mol. The van der Waals surface area contributed by atoms with Crippen LogP contribution in [0.1, 0.15) is 25.6 Å². The smallest absolute Gasteiger partial charge is 0.225 e. The second-order valence-electron chi connectivity index (χ2n) is 5.92. The molecule has 0 bridgehead atoms. The molecule has 2 aromatic rings. The van der Waals surface area contributed by atoms with Crippen molar-refractivity contribution in [3.8, 4) is 0 Å². The lowest BCUT2D eigenvalue weighted by atomic mass is 9.94. The first-order valence-corrected chi connectivity index (χ1v) is 7.98. The predicted octanol–water partition coefficient (Wildman–Crippen LogP) is 2.28. The summed E-state index contributed by atoms with van der Waals surface area (Å²) in [6, 6.07) is 8.08. The Hall–Kier alpha value is -1.88. The standard InChI is InChI=1S/C17H23N3O2/c1-12-14(6-5-11-22-12)17(21)18-9-10-20-13(2)19-15-7-3-4-8-16(15)20/h3-4,7-8,12,14H,5-6,9-11H2,1-2H3,(H,18,21). The molecule has 5 heteroatoms. The molecule has 0 spiro atoms. The maximum absolute atomic E-state index is 12.3. The number of rotatable bonds is 4. The zero-order valence-electron chi connectivity index (χ0n) is 13.2. The molecule has 5 nitrogen and oxygen atoms in total. The third-order valence-electron chi connectivity index (χ3n) is 4.42. The second-order valence-corrected chi connectivity index (χ2v) is 5.92. The van der Waals surface area contributed by atoms with Gasteiger partial charge in [0.25, 0.3) is 0 Å². The van der Waals surface area contributed by atoms with Gasteiger partial charge in [0.05, 0.1) is 23.1 Å². The number of aryl methyl sites for hydroxylation is 1. The zero-order chi connectivity index (χ0) is 15.5. The lowest BCUT2D eigenvalue weighted by Gasteiger charge is -2.28. The van der Waals surface area contributed by atoms with Gasteiger partial charge in [-0.2, -0.15) is 0 Å². The minimum absolute atomic E-state index is 0.0181. The van der Waals surface area contributed by atoms with Gasteiger partial charge >= 0.3 is 0 Å². The average Bonchev–Trinajstić information content (AvgIpc) is 2.83. The van der Waals surface area contributed by atoms with Crippen LogP contribution in [-0.2, 0) is 16.1 Å². The van der Waals surface area contributed by atoms with Crippen LogP contribution in [0, 0.1) is 12.8 Å². The maximum Gasteiger partial charge on any atom is 0.225 e. The molecule has 1 aliphatic rings. The van der Waals surface area contributed by atoms with Gasteiger partial charge in [-0.3, -0.25) is 4.79 Å². The van der Waals surface area contributed by atoms with E-state index >= 15 is 0 Å². The highest BCUT2D eigenvalue weighted by atomic mass is 16.5. The fourth-order valence-electron chi connectivity index (χ4n) is 3.17. The Morgan fingerprint density at radius 1 is 1.45 bits per heavy atom. The zero-order valence-corrected chi connectivity index (χ0v) is 13.2. The summed E-state index contributed by atoms with van der Waals surface area (Å²) in [7, 11) is 0. The Morgan fingerprint density at radius 2 is 2.27 bits per heavy atom. The van der Waals surface area contributed by atoms with Gasteiger partial charge in [0, 0.05) is 19.7 Å². The number of amides is 1. The van der Waals surface area contributed by atoms with E-state index in [2.05, 4.69) is 20.9 Å². The van der Waals surface area contributed by atoms with E-state index < -0.39 is 0 Å². The number of imidazole rings is 1. The first-order valence-electron chi connectivity index (χ1n) is 7.98. The molecule has 1 saturated heterocycles. The van der Waals surface area contributed by atoms with Gasteiger partial charge in [0.15, 0.2) is 0 Å². The van der Waals surface area contributed by atoms with E-state index in [4.69, 9.17) is 4.74 Å². The van der Waals surface area contributed by atoms with E-state index in [1.54, 1.807) is 0 Å². The number of carbonyl (C=O) groups excluding carboxylic acids is 1. The minimum atomic E-state index is -0.0191. The molecule has 2 unspecified atom stereocenters. The van der Waals surface area contributed by atoms with Gasteiger partial charge in [-0.15, -0.1) is 0 Å². The molecule has 2 heterocycles. The molecule has 1 amide bonds. The van der Waals surface area contributed by atoms with Crippen LogP contribution in [-0.4, -0.2) is 34.7 Å². The van der Waals surface area contributed by atoms with Crippen LogP contribution in [0.15, 0.2) is 24.3 Å². The third-order valence-corrected chi connectivity index (χ3v) is 4.42. The average molecular weight is 301 g/mol. The number of carbonyl (C=O) groups is 1. The van der Waals surface area contributed by atoms with Crippen molar-refractivity contribution < 1.29 is 9.53 Å². The first kappa shape index (κ1) is 15.0. The van der Waals surface area contributed by atoms with Crippen molar-refractivity contribution in [3.05, 3.63) is 30.1 Å². The Bertz CT molecular complexity index is 665. The molecule has 22 heavy (non-hydrogen) atoms. The van der Waals surface area contributed by atoms with E-state index in [-0.39, 0.29) is 17.9 Å². The minimum Gasteiger partial charge on any atom is -0.378 e. The molecule has 1 fully saturated rings. The molecule has 118 valence electrons. The Kier molecular flexibility index (Phi) is 4.43. The van der Waals surface area contributed by atoms with Crippen molar-refractivity contribution in [2.75, 3.05) is 13.2 Å². The molecule has 1 aliphatic heterocycles. The molecule has 2 atom stereocenters. The quantitative estimate of drug-likeness (QED) is 0.942. The van der Waals surface area contributed by atoms with Crippen LogP contribution in [0.2, 0.25) is 0 Å². The summed E-state index contributed by atoms with van der Waals surface area (Å²) in [4.78, 5) is 16.8. The SMILES string of the molecule is Cc1nc2ccccc2n1CCNC(=O)C1CCCOC1C. The van der Waals surface area contributed by atoms with Crippen molar-refractivity contribution in [1.82, 2.24) is 14.9 Å². The Labute approximate surface area is 130 Å². The normalized spacial score (nSPS) is 21.9. The number of ether oxygens (including phenoxy) is 1. The first-order chi connectivity index (χ1) is 10.7. The molecule has 0 radical (unpaired) electrons. The molecule has 1 N–H and O–H groups in total. The number of fused-ring (bicyclic) bond motifs is 1. The molecular formula is C17H23N3O2. The maximum atomic E-state index is 12.3. The van der Waals surface area contributed by atoms with Crippen molar-refractivity contribution in [2.45, 2.75) is 39.3 Å².